The average Bonchev–Trinajstić information content (AvgIpc) is 2.33. The molecule has 0 aliphatic heterocycles. The van der Waals surface area contributed by atoms with E-state index in [4.69, 9.17) is 23.2 Å². The summed E-state index contributed by atoms with van der Waals surface area (Å²) in [5, 5.41) is 10.8. The number of amides is 1. The van der Waals surface area contributed by atoms with E-state index in [0.717, 1.165) is 0 Å². The molecule has 0 fully saturated rings. The van der Waals surface area contributed by atoms with Gasteiger partial charge >= 0.3 is 0 Å². The lowest BCUT2D eigenvalue weighted by Crippen LogP contribution is -2.48. The normalized spacial score (nSPS) is 13.2. The van der Waals surface area contributed by atoms with Crippen LogP contribution < -0.4 is 0 Å². The zero-order chi connectivity index (χ0) is 14.6. The molecular weight excluding hydrogens is 285 g/mol. The van der Waals surface area contributed by atoms with Crippen LogP contribution in [0.5, 0.6) is 0 Å². The maximum Gasteiger partial charge on any atom is 0.238 e. The van der Waals surface area contributed by atoms with E-state index in [-0.39, 0.29) is 18.3 Å². The van der Waals surface area contributed by atoms with Gasteiger partial charge in [0.25, 0.3) is 0 Å². The summed E-state index contributed by atoms with van der Waals surface area (Å²) in [6, 6.07) is 6.98. The van der Waals surface area contributed by atoms with Gasteiger partial charge in [0.15, 0.2) is 0 Å². The van der Waals surface area contributed by atoms with Gasteiger partial charge in [-0.15, -0.1) is 11.6 Å². The third-order valence-electron chi connectivity index (χ3n) is 2.81. The van der Waals surface area contributed by atoms with Crippen LogP contribution in [-0.4, -0.2) is 33.9 Å². The number of hydrogen-bond acceptors (Lipinski definition) is 2. The number of carbonyl (C=O) groups is 1. The topological polar surface area (TPSA) is 40.5 Å². The molecule has 0 aromatic heterocycles. The van der Waals surface area contributed by atoms with Crippen molar-refractivity contribution in [2.75, 3.05) is 12.4 Å². The van der Waals surface area contributed by atoms with Gasteiger partial charge in [-0.1, -0.05) is 23.7 Å². The molecule has 5 heteroatoms. The quantitative estimate of drug-likeness (QED) is 0.868. The molecule has 0 saturated carbocycles. The zero-order valence-corrected chi connectivity index (χ0v) is 12.9. The summed E-state index contributed by atoms with van der Waals surface area (Å²) in [5.41, 5.74) is 0.287. The Balaban J connectivity index is 2.88. The summed E-state index contributed by atoms with van der Waals surface area (Å²) in [6.07, 6.45) is -0.787. The van der Waals surface area contributed by atoms with E-state index in [1.54, 1.807) is 29.2 Å². The van der Waals surface area contributed by atoms with E-state index in [9.17, 15) is 9.90 Å². The molecule has 0 aliphatic carbocycles. The largest absolute Gasteiger partial charge is 0.387 e. The molecule has 0 heterocycles. The Kier molecular flexibility index (Phi) is 5.65. The first kappa shape index (κ1) is 16.3. The first-order chi connectivity index (χ1) is 8.75. The Hall–Kier alpha value is -0.770. The number of carbonyl (C=O) groups excluding carboxylic acids is 1. The fourth-order valence-corrected chi connectivity index (χ4v) is 2.16. The van der Waals surface area contributed by atoms with Crippen molar-refractivity contribution in [2.24, 2.45) is 0 Å². The molecule has 0 saturated heterocycles. The van der Waals surface area contributed by atoms with Crippen molar-refractivity contribution in [3.05, 3.63) is 34.9 Å². The molecule has 0 bridgehead atoms. The third kappa shape index (κ3) is 4.68. The lowest BCUT2D eigenvalue weighted by Gasteiger charge is -2.36. The Bertz CT molecular complexity index is 443. The summed E-state index contributed by atoms with van der Waals surface area (Å²) >= 11 is 11.5. The lowest BCUT2D eigenvalue weighted by molar-refractivity contribution is -0.135. The minimum Gasteiger partial charge on any atom is -0.387 e. The smallest absolute Gasteiger partial charge is 0.238 e. The predicted molar refractivity (Wildman–Crippen MR) is 78.6 cm³/mol. The number of aliphatic hydroxyl groups is 1. The fourth-order valence-electron chi connectivity index (χ4n) is 1.81. The summed E-state index contributed by atoms with van der Waals surface area (Å²) in [5.74, 6) is -0.297. The first-order valence-electron chi connectivity index (χ1n) is 6.05. The number of rotatable bonds is 4. The van der Waals surface area contributed by atoms with Gasteiger partial charge in [-0.3, -0.25) is 4.79 Å². The fraction of sp³-hybridized carbons (Fsp3) is 0.500. The molecule has 19 heavy (non-hydrogen) atoms. The van der Waals surface area contributed by atoms with E-state index in [1.807, 2.05) is 20.8 Å². The van der Waals surface area contributed by atoms with Crippen LogP contribution >= 0.6 is 23.2 Å². The summed E-state index contributed by atoms with van der Waals surface area (Å²) in [6.45, 7) is 5.90. The third-order valence-corrected chi connectivity index (χ3v) is 3.28. The van der Waals surface area contributed by atoms with Crippen LogP contribution in [0.4, 0.5) is 0 Å². The van der Waals surface area contributed by atoms with Crippen molar-refractivity contribution in [3.8, 4) is 0 Å². The van der Waals surface area contributed by atoms with Crippen LogP contribution in [0.3, 0.4) is 0 Å². The van der Waals surface area contributed by atoms with E-state index in [0.29, 0.717) is 10.6 Å². The van der Waals surface area contributed by atoms with Crippen molar-refractivity contribution >= 4 is 29.1 Å². The second-order valence-corrected chi connectivity index (χ2v) is 6.08. The monoisotopic (exact) mass is 303 g/mol. The Labute approximate surface area is 124 Å². The zero-order valence-electron chi connectivity index (χ0n) is 11.4. The van der Waals surface area contributed by atoms with E-state index in [2.05, 4.69) is 0 Å². The van der Waals surface area contributed by atoms with Crippen molar-refractivity contribution in [1.82, 2.24) is 4.90 Å². The molecule has 0 aliphatic rings. The number of alkyl halides is 1. The molecule has 0 radical (unpaired) electrons. The van der Waals surface area contributed by atoms with Gasteiger partial charge in [0.1, 0.15) is 5.88 Å². The SMILES string of the molecule is CC(C)(C)N(CC(O)c1cccc(Cl)c1)C(=O)CCl. The Morgan fingerprint density at radius 3 is 2.53 bits per heavy atom. The highest BCUT2D eigenvalue weighted by atomic mass is 35.5. The number of aliphatic hydroxyl groups excluding tert-OH is 1. The van der Waals surface area contributed by atoms with Gasteiger partial charge in [0.05, 0.1) is 12.6 Å². The molecule has 1 N–H and O–H groups in total. The molecule has 106 valence electrons. The Morgan fingerprint density at radius 1 is 1.42 bits per heavy atom. The minimum absolute atomic E-state index is 0.0977. The molecule has 1 aromatic carbocycles. The van der Waals surface area contributed by atoms with E-state index < -0.39 is 11.6 Å². The first-order valence-corrected chi connectivity index (χ1v) is 6.97. The molecule has 1 rings (SSSR count). The van der Waals surface area contributed by atoms with Crippen molar-refractivity contribution in [3.63, 3.8) is 0 Å². The standard InChI is InChI=1S/C14H19Cl2NO2/c1-14(2,3)17(13(19)8-15)9-12(18)10-5-4-6-11(16)7-10/h4-7,12,18H,8-9H2,1-3H3. The summed E-state index contributed by atoms with van der Waals surface area (Å²) < 4.78 is 0. The number of benzene rings is 1. The number of nitrogens with zero attached hydrogens (tertiary/aromatic N) is 1. The van der Waals surface area contributed by atoms with E-state index >= 15 is 0 Å². The Morgan fingerprint density at radius 2 is 2.05 bits per heavy atom. The summed E-state index contributed by atoms with van der Waals surface area (Å²) in [4.78, 5) is 13.4. The van der Waals surface area contributed by atoms with Crippen LogP contribution in [0, 0.1) is 0 Å². The van der Waals surface area contributed by atoms with Crippen LogP contribution in [0.15, 0.2) is 24.3 Å². The second-order valence-electron chi connectivity index (χ2n) is 5.38. The molecule has 0 spiro atoms. The number of hydrogen-bond donors (Lipinski definition) is 1. The minimum atomic E-state index is -0.787. The van der Waals surface area contributed by atoms with Gasteiger partial charge < -0.3 is 10.0 Å². The predicted octanol–water partition coefficient (Wildman–Crippen LogP) is 3.24. The van der Waals surface area contributed by atoms with Gasteiger partial charge in [-0.05, 0) is 38.5 Å². The van der Waals surface area contributed by atoms with Gasteiger partial charge in [-0.25, -0.2) is 0 Å². The van der Waals surface area contributed by atoms with Gasteiger partial charge in [0.2, 0.25) is 5.91 Å². The van der Waals surface area contributed by atoms with Crippen LogP contribution in [0.25, 0.3) is 0 Å². The van der Waals surface area contributed by atoms with Crippen molar-refractivity contribution < 1.29 is 9.90 Å². The highest BCUT2D eigenvalue weighted by Gasteiger charge is 2.28. The molecule has 1 amide bonds. The molecule has 1 aromatic rings. The van der Waals surface area contributed by atoms with E-state index in [1.165, 1.54) is 0 Å². The van der Waals surface area contributed by atoms with Crippen LogP contribution in [0.2, 0.25) is 5.02 Å². The number of halogens is 2. The highest BCUT2D eigenvalue weighted by Crippen LogP contribution is 2.22. The summed E-state index contributed by atoms with van der Waals surface area (Å²) in [7, 11) is 0. The second kappa shape index (κ2) is 6.60. The number of β-amino-alcohol motifs (C(OH)–C–C–N with tert-alkyl or cyclic N) is 1. The van der Waals surface area contributed by atoms with Gasteiger partial charge in [-0.2, -0.15) is 0 Å². The van der Waals surface area contributed by atoms with Crippen LogP contribution in [-0.2, 0) is 4.79 Å². The maximum atomic E-state index is 11.8. The maximum absolute atomic E-state index is 11.8. The molecule has 1 unspecified atom stereocenters. The average molecular weight is 304 g/mol. The van der Waals surface area contributed by atoms with Crippen LogP contribution in [0.1, 0.15) is 32.4 Å². The lowest BCUT2D eigenvalue weighted by atomic mass is 10.0. The highest BCUT2D eigenvalue weighted by molar-refractivity contribution is 6.30. The molecule has 1 atom stereocenters. The van der Waals surface area contributed by atoms with Crippen molar-refractivity contribution in [1.29, 1.82) is 0 Å². The molecular formula is C14H19Cl2NO2. The molecule has 3 nitrogen and oxygen atoms in total. The van der Waals surface area contributed by atoms with Gasteiger partial charge in [0, 0.05) is 10.6 Å². The van der Waals surface area contributed by atoms with Crippen molar-refractivity contribution in [2.45, 2.75) is 32.4 Å².